The van der Waals surface area contributed by atoms with Crippen molar-refractivity contribution < 1.29 is 4.74 Å². The fourth-order valence-corrected chi connectivity index (χ4v) is 3.04. The normalized spacial score (nSPS) is 11.4. The Kier molecular flexibility index (Phi) is 5.03. The van der Waals surface area contributed by atoms with E-state index in [0.717, 1.165) is 39.9 Å². The molecule has 2 N–H and O–H groups in total. The van der Waals surface area contributed by atoms with Gasteiger partial charge in [0, 0.05) is 42.7 Å². The SMILES string of the molecule is COCCNc1ccc(Nc2ncc3ccc4nnn(C(C)C)c4c3n2)cc1. The molecule has 4 aromatic rings. The van der Waals surface area contributed by atoms with Gasteiger partial charge in [0.25, 0.3) is 0 Å². The van der Waals surface area contributed by atoms with Crippen LogP contribution in [0.2, 0.25) is 0 Å². The minimum Gasteiger partial charge on any atom is -0.383 e. The summed E-state index contributed by atoms with van der Waals surface area (Å²) in [6.07, 6.45) is 1.82. The highest BCUT2D eigenvalue weighted by molar-refractivity contribution is 6.01. The third-order valence-electron chi connectivity index (χ3n) is 4.45. The van der Waals surface area contributed by atoms with Crippen LogP contribution in [0.25, 0.3) is 21.9 Å². The number of nitrogens with zero attached hydrogens (tertiary/aromatic N) is 5. The van der Waals surface area contributed by atoms with Gasteiger partial charge < -0.3 is 15.4 Å². The first-order chi connectivity index (χ1) is 13.7. The largest absolute Gasteiger partial charge is 0.383 e. The molecule has 8 heteroatoms. The Hall–Kier alpha value is -3.26. The molecule has 0 aliphatic rings. The van der Waals surface area contributed by atoms with Crippen molar-refractivity contribution in [3.63, 3.8) is 0 Å². The van der Waals surface area contributed by atoms with Gasteiger partial charge in [-0.15, -0.1) is 5.10 Å². The van der Waals surface area contributed by atoms with Crippen molar-refractivity contribution in [2.45, 2.75) is 19.9 Å². The molecule has 0 radical (unpaired) electrons. The van der Waals surface area contributed by atoms with E-state index in [9.17, 15) is 0 Å². The molecule has 2 aromatic carbocycles. The quantitative estimate of drug-likeness (QED) is 0.474. The summed E-state index contributed by atoms with van der Waals surface area (Å²) in [5.41, 5.74) is 4.55. The van der Waals surface area contributed by atoms with Gasteiger partial charge in [-0.3, -0.25) is 0 Å². The van der Waals surface area contributed by atoms with Crippen LogP contribution in [0.1, 0.15) is 19.9 Å². The van der Waals surface area contributed by atoms with Gasteiger partial charge >= 0.3 is 0 Å². The van der Waals surface area contributed by atoms with Gasteiger partial charge in [0.1, 0.15) is 16.6 Å². The number of fused-ring (bicyclic) bond motifs is 3. The number of ether oxygens (including phenoxy) is 1. The number of rotatable bonds is 7. The number of anilines is 3. The molecule has 2 aromatic heterocycles. The van der Waals surface area contributed by atoms with E-state index in [1.54, 1.807) is 7.11 Å². The minimum absolute atomic E-state index is 0.195. The first-order valence-corrected chi connectivity index (χ1v) is 9.26. The second-order valence-electron chi connectivity index (χ2n) is 6.81. The summed E-state index contributed by atoms with van der Waals surface area (Å²) in [6.45, 7) is 5.59. The molecular formula is C20H23N7O. The fourth-order valence-electron chi connectivity index (χ4n) is 3.04. The first kappa shape index (κ1) is 18.1. The molecule has 144 valence electrons. The number of benzene rings is 2. The summed E-state index contributed by atoms with van der Waals surface area (Å²) in [5, 5.41) is 16.1. The van der Waals surface area contributed by atoms with Crippen molar-refractivity contribution in [3.8, 4) is 0 Å². The number of aromatic nitrogens is 5. The average molecular weight is 377 g/mol. The summed E-state index contributed by atoms with van der Waals surface area (Å²) in [6, 6.07) is 12.1. The Bertz CT molecular complexity index is 1090. The van der Waals surface area contributed by atoms with Gasteiger partial charge in [-0.05, 0) is 50.2 Å². The van der Waals surface area contributed by atoms with Gasteiger partial charge in [0.15, 0.2) is 0 Å². The predicted molar refractivity (Wildman–Crippen MR) is 111 cm³/mol. The third-order valence-corrected chi connectivity index (χ3v) is 4.45. The Morgan fingerprint density at radius 2 is 1.86 bits per heavy atom. The van der Waals surface area contributed by atoms with Crippen LogP contribution in [0.4, 0.5) is 17.3 Å². The zero-order chi connectivity index (χ0) is 19.5. The Balaban J connectivity index is 1.62. The van der Waals surface area contributed by atoms with Crippen LogP contribution < -0.4 is 10.6 Å². The Morgan fingerprint density at radius 3 is 2.61 bits per heavy atom. The van der Waals surface area contributed by atoms with Gasteiger partial charge in [0.05, 0.1) is 6.61 Å². The van der Waals surface area contributed by atoms with Crippen molar-refractivity contribution in [2.24, 2.45) is 0 Å². The van der Waals surface area contributed by atoms with E-state index < -0.39 is 0 Å². The first-order valence-electron chi connectivity index (χ1n) is 9.26. The minimum atomic E-state index is 0.195. The second kappa shape index (κ2) is 7.77. The predicted octanol–water partition coefficient (Wildman–Crippen LogP) is 3.76. The average Bonchev–Trinajstić information content (AvgIpc) is 3.14. The van der Waals surface area contributed by atoms with Crippen LogP contribution in [-0.2, 0) is 4.74 Å². The highest BCUT2D eigenvalue weighted by Crippen LogP contribution is 2.25. The van der Waals surface area contributed by atoms with Crippen molar-refractivity contribution in [3.05, 3.63) is 42.6 Å². The number of nitrogens with one attached hydrogen (secondary N) is 2. The molecule has 0 saturated heterocycles. The van der Waals surface area contributed by atoms with Crippen LogP contribution in [0.3, 0.4) is 0 Å². The Labute approximate surface area is 162 Å². The highest BCUT2D eigenvalue weighted by atomic mass is 16.5. The Morgan fingerprint density at radius 1 is 1.07 bits per heavy atom. The molecule has 2 heterocycles. The topological polar surface area (TPSA) is 89.8 Å². The molecule has 0 atom stereocenters. The summed E-state index contributed by atoms with van der Waals surface area (Å²) < 4.78 is 6.94. The van der Waals surface area contributed by atoms with E-state index in [4.69, 9.17) is 9.72 Å². The third kappa shape index (κ3) is 3.59. The lowest BCUT2D eigenvalue weighted by Gasteiger charge is -2.10. The molecular weight excluding hydrogens is 354 g/mol. The van der Waals surface area contributed by atoms with Crippen LogP contribution in [-0.4, -0.2) is 45.2 Å². The van der Waals surface area contributed by atoms with E-state index >= 15 is 0 Å². The maximum Gasteiger partial charge on any atom is 0.227 e. The molecule has 28 heavy (non-hydrogen) atoms. The smallest absolute Gasteiger partial charge is 0.227 e. The summed E-state index contributed by atoms with van der Waals surface area (Å²) >= 11 is 0. The molecule has 0 fully saturated rings. The molecule has 0 bridgehead atoms. The number of methoxy groups -OCH3 is 1. The van der Waals surface area contributed by atoms with Crippen molar-refractivity contribution in [2.75, 3.05) is 30.9 Å². The number of hydrogen-bond donors (Lipinski definition) is 2. The molecule has 0 unspecified atom stereocenters. The van der Waals surface area contributed by atoms with Gasteiger partial charge in [-0.1, -0.05) is 5.21 Å². The zero-order valence-electron chi connectivity index (χ0n) is 16.2. The van der Waals surface area contributed by atoms with Gasteiger partial charge in [-0.2, -0.15) is 0 Å². The fraction of sp³-hybridized carbons (Fsp3) is 0.300. The maximum absolute atomic E-state index is 5.05. The standard InChI is InChI=1S/C20H23N7O/c1-13(2)27-19-17(25-26-27)9-4-14-12-22-20(24-18(14)19)23-16-7-5-15(6-8-16)21-10-11-28-3/h4-9,12-13,21H,10-11H2,1-3H3,(H,22,23,24). The molecule has 0 amide bonds. The van der Waals surface area contributed by atoms with E-state index in [1.165, 1.54) is 0 Å². The summed E-state index contributed by atoms with van der Waals surface area (Å²) in [5.74, 6) is 0.539. The maximum atomic E-state index is 5.05. The second-order valence-corrected chi connectivity index (χ2v) is 6.81. The monoisotopic (exact) mass is 377 g/mol. The lowest BCUT2D eigenvalue weighted by atomic mass is 10.2. The van der Waals surface area contributed by atoms with Crippen LogP contribution in [0, 0.1) is 0 Å². The van der Waals surface area contributed by atoms with Crippen molar-refractivity contribution >= 4 is 39.3 Å². The molecule has 0 spiro atoms. The van der Waals surface area contributed by atoms with Gasteiger partial charge in [-0.25, -0.2) is 14.6 Å². The van der Waals surface area contributed by atoms with Crippen molar-refractivity contribution in [1.82, 2.24) is 25.0 Å². The van der Waals surface area contributed by atoms with E-state index in [1.807, 2.05) is 47.3 Å². The lowest BCUT2D eigenvalue weighted by Crippen LogP contribution is -2.07. The van der Waals surface area contributed by atoms with Crippen LogP contribution in [0.15, 0.2) is 42.6 Å². The molecule has 0 aliphatic heterocycles. The van der Waals surface area contributed by atoms with Gasteiger partial charge in [0.2, 0.25) is 5.95 Å². The van der Waals surface area contributed by atoms with Crippen LogP contribution >= 0.6 is 0 Å². The summed E-state index contributed by atoms with van der Waals surface area (Å²) in [4.78, 5) is 9.19. The lowest BCUT2D eigenvalue weighted by molar-refractivity contribution is 0.211. The molecule has 0 aliphatic carbocycles. The van der Waals surface area contributed by atoms with E-state index in [-0.39, 0.29) is 6.04 Å². The summed E-state index contributed by atoms with van der Waals surface area (Å²) in [7, 11) is 1.69. The molecule has 0 saturated carbocycles. The van der Waals surface area contributed by atoms with Crippen molar-refractivity contribution in [1.29, 1.82) is 0 Å². The molecule has 8 nitrogen and oxygen atoms in total. The van der Waals surface area contributed by atoms with E-state index in [2.05, 4.69) is 39.8 Å². The molecule has 4 rings (SSSR count). The zero-order valence-corrected chi connectivity index (χ0v) is 16.2. The highest BCUT2D eigenvalue weighted by Gasteiger charge is 2.13. The number of hydrogen-bond acceptors (Lipinski definition) is 7. The van der Waals surface area contributed by atoms with Crippen LogP contribution in [0.5, 0.6) is 0 Å². The van der Waals surface area contributed by atoms with E-state index in [0.29, 0.717) is 12.6 Å².